The summed E-state index contributed by atoms with van der Waals surface area (Å²) in [5.74, 6) is 0. The lowest BCUT2D eigenvalue weighted by Gasteiger charge is -2.23. The summed E-state index contributed by atoms with van der Waals surface area (Å²) in [7, 11) is -6.22. The van der Waals surface area contributed by atoms with E-state index in [1.54, 1.807) is 0 Å². The molecule has 0 aliphatic rings. The molecule has 7 heteroatoms. The van der Waals surface area contributed by atoms with Crippen molar-refractivity contribution in [1.29, 1.82) is 0 Å². The second-order valence-corrected chi connectivity index (χ2v) is 17.0. The standard InChI is InChI=1S/C42H40O5P2/c43-48(37-19-5-1-6-20-37,38-21-7-2-8-22-38)41-27-15-13-17-35(41)33-46-31-29-45-30-32-47-34-36-18-14-16-28-42(36)49(44,39-23-9-3-10-24-39)40-25-11-4-12-26-40/h1-28H,29-34H2. The Morgan fingerprint density at radius 1 is 0.327 bits per heavy atom. The van der Waals surface area contributed by atoms with Crippen LogP contribution >= 0.6 is 14.3 Å². The Balaban J connectivity index is 1.03. The lowest BCUT2D eigenvalue weighted by atomic mass is 10.2. The average molecular weight is 687 g/mol. The van der Waals surface area contributed by atoms with Crippen molar-refractivity contribution in [1.82, 2.24) is 0 Å². The van der Waals surface area contributed by atoms with Crippen molar-refractivity contribution in [3.8, 4) is 0 Å². The summed E-state index contributed by atoms with van der Waals surface area (Å²) in [4.78, 5) is 0. The number of hydrogen-bond acceptors (Lipinski definition) is 5. The van der Waals surface area contributed by atoms with Crippen molar-refractivity contribution in [3.63, 3.8) is 0 Å². The maximum absolute atomic E-state index is 14.9. The molecule has 0 fully saturated rings. The fourth-order valence-electron chi connectivity index (χ4n) is 5.99. The van der Waals surface area contributed by atoms with Gasteiger partial charge in [-0.15, -0.1) is 0 Å². The summed E-state index contributed by atoms with van der Waals surface area (Å²) in [6.07, 6.45) is 0. The van der Waals surface area contributed by atoms with Gasteiger partial charge in [0.15, 0.2) is 14.3 Å². The zero-order chi connectivity index (χ0) is 33.8. The normalized spacial score (nSPS) is 11.8. The van der Waals surface area contributed by atoms with Crippen molar-refractivity contribution in [2.75, 3.05) is 26.4 Å². The van der Waals surface area contributed by atoms with E-state index >= 15 is 0 Å². The number of benzene rings is 6. The third kappa shape index (κ3) is 7.94. The minimum absolute atomic E-state index is 0.319. The van der Waals surface area contributed by atoms with E-state index in [0.717, 1.165) is 43.0 Å². The highest BCUT2D eigenvalue weighted by Gasteiger charge is 2.32. The first-order chi connectivity index (χ1) is 24.1. The van der Waals surface area contributed by atoms with E-state index in [-0.39, 0.29) is 0 Å². The summed E-state index contributed by atoms with van der Waals surface area (Å²) in [5, 5.41) is 4.74. The van der Waals surface area contributed by atoms with Crippen LogP contribution in [0.1, 0.15) is 11.1 Å². The van der Waals surface area contributed by atoms with E-state index in [4.69, 9.17) is 14.2 Å². The third-order valence-electron chi connectivity index (χ3n) is 8.40. The molecule has 6 aromatic rings. The molecule has 0 aliphatic carbocycles. The largest absolute Gasteiger partial charge is 0.377 e. The van der Waals surface area contributed by atoms with Gasteiger partial charge in [0, 0.05) is 31.8 Å². The zero-order valence-corrected chi connectivity index (χ0v) is 29.1. The first-order valence-electron chi connectivity index (χ1n) is 16.4. The molecule has 0 atom stereocenters. The molecule has 5 nitrogen and oxygen atoms in total. The Morgan fingerprint density at radius 2 is 0.592 bits per heavy atom. The minimum atomic E-state index is -3.11. The number of hydrogen-bond donors (Lipinski definition) is 0. The molecular weight excluding hydrogens is 646 g/mol. The van der Waals surface area contributed by atoms with Gasteiger partial charge in [0.05, 0.1) is 39.6 Å². The average Bonchev–Trinajstić information content (AvgIpc) is 3.18. The predicted molar refractivity (Wildman–Crippen MR) is 202 cm³/mol. The second-order valence-electron chi connectivity index (χ2n) is 11.5. The van der Waals surface area contributed by atoms with Crippen LogP contribution in [0.15, 0.2) is 170 Å². The lowest BCUT2D eigenvalue weighted by Crippen LogP contribution is -2.27. The van der Waals surface area contributed by atoms with Crippen LogP contribution in [0, 0.1) is 0 Å². The van der Waals surface area contributed by atoms with E-state index in [9.17, 15) is 9.13 Å². The summed E-state index contributed by atoms with van der Waals surface area (Å²) in [5.41, 5.74) is 1.78. The second kappa shape index (κ2) is 16.9. The molecule has 0 radical (unpaired) electrons. The molecule has 0 N–H and O–H groups in total. The molecule has 0 saturated heterocycles. The van der Waals surface area contributed by atoms with Crippen molar-refractivity contribution in [2.45, 2.75) is 13.2 Å². The Kier molecular flexibility index (Phi) is 11.9. The minimum Gasteiger partial charge on any atom is -0.377 e. The van der Waals surface area contributed by atoms with Crippen LogP contribution in [-0.4, -0.2) is 26.4 Å². The van der Waals surface area contributed by atoms with E-state index in [0.29, 0.717) is 39.6 Å². The van der Waals surface area contributed by atoms with Gasteiger partial charge >= 0.3 is 0 Å². The summed E-state index contributed by atoms with van der Waals surface area (Å²) >= 11 is 0. The molecule has 248 valence electrons. The van der Waals surface area contributed by atoms with Gasteiger partial charge in [0.1, 0.15) is 0 Å². The van der Waals surface area contributed by atoms with Gasteiger partial charge < -0.3 is 23.3 Å². The molecule has 0 amide bonds. The Bertz CT molecular complexity index is 1770. The number of rotatable bonds is 16. The van der Waals surface area contributed by atoms with Gasteiger partial charge in [-0.3, -0.25) is 0 Å². The fraction of sp³-hybridized carbons (Fsp3) is 0.143. The van der Waals surface area contributed by atoms with E-state index in [2.05, 4.69) is 0 Å². The third-order valence-corrected chi connectivity index (χ3v) is 14.7. The monoisotopic (exact) mass is 686 g/mol. The molecule has 0 heterocycles. The molecule has 0 unspecified atom stereocenters. The molecule has 0 aromatic heterocycles. The van der Waals surface area contributed by atoms with Crippen LogP contribution < -0.4 is 31.8 Å². The highest BCUT2D eigenvalue weighted by molar-refractivity contribution is 7.85. The van der Waals surface area contributed by atoms with Gasteiger partial charge in [-0.2, -0.15) is 0 Å². The first kappa shape index (κ1) is 34.5. The molecule has 6 aromatic carbocycles. The maximum atomic E-state index is 14.9. The molecule has 0 bridgehead atoms. The Hall–Kier alpha value is -4.34. The summed E-state index contributed by atoms with van der Waals surface area (Å²) in [6, 6.07) is 54.3. The highest BCUT2D eigenvalue weighted by atomic mass is 31.2. The molecular formula is C42H40O5P2. The molecule has 49 heavy (non-hydrogen) atoms. The van der Waals surface area contributed by atoms with E-state index < -0.39 is 14.3 Å². The highest BCUT2D eigenvalue weighted by Crippen LogP contribution is 2.44. The molecule has 0 spiro atoms. The summed E-state index contributed by atoms with van der Waals surface area (Å²) in [6.45, 7) is 2.20. The van der Waals surface area contributed by atoms with Gasteiger partial charge in [-0.1, -0.05) is 170 Å². The topological polar surface area (TPSA) is 61.8 Å². The lowest BCUT2D eigenvalue weighted by molar-refractivity contribution is 0.00727. The van der Waals surface area contributed by atoms with Crippen LogP contribution in [0.25, 0.3) is 0 Å². The van der Waals surface area contributed by atoms with Crippen LogP contribution in [-0.2, 0) is 36.6 Å². The molecule has 0 saturated carbocycles. The van der Waals surface area contributed by atoms with Crippen molar-refractivity contribution >= 4 is 46.1 Å². The maximum Gasteiger partial charge on any atom is 0.171 e. The van der Waals surface area contributed by atoms with Crippen molar-refractivity contribution in [3.05, 3.63) is 181 Å². The molecule has 0 aliphatic heterocycles. The van der Waals surface area contributed by atoms with Crippen molar-refractivity contribution in [2.24, 2.45) is 0 Å². The Labute approximate surface area is 289 Å². The zero-order valence-electron chi connectivity index (χ0n) is 27.3. The van der Waals surface area contributed by atoms with Gasteiger partial charge in [0.25, 0.3) is 0 Å². The van der Waals surface area contributed by atoms with Gasteiger partial charge in [0.2, 0.25) is 0 Å². The number of ether oxygens (including phenoxy) is 3. The molecule has 6 rings (SSSR count). The van der Waals surface area contributed by atoms with Gasteiger partial charge in [-0.25, -0.2) is 0 Å². The van der Waals surface area contributed by atoms with Crippen LogP contribution in [0.3, 0.4) is 0 Å². The van der Waals surface area contributed by atoms with E-state index in [1.165, 1.54) is 0 Å². The van der Waals surface area contributed by atoms with Crippen LogP contribution in [0.4, 0.5) is 0 Å². The predicted octanol–water partition coefficient (Wildman–Crippen LogP) is 6.72. The SMILES string of the molecule is O=P(c1ccccc1)(c1ccccc1)c1ccccc1COCCOCCOCc1ccccc1P(=O)(c1ccccc1)c1ccccc1. The first-order valence-corrected chi connectivity index (χ1v) is 19.9. The quantitative estimate of drug-likeness (QED) is 0.0837. The Morgan fingerprint density at radius 3 is 0.918 bits per heavy atom. The van der Waals surface area contributed by atoms with Crippen LogP contribution in [0.2, 0.25) is 0 Å². The van der Waals surface area contributed by atoms with E-state index in [1.807, 2.05) is 170 Å². The summed E-state index contributed by atoms with van der Waals surface area (Å²) < 4.78 is 47.6. The fourth-order valence-corrected chi connectivity index (χ4v) is 11.7. The smallest absolute Gasteiger partial charge is 0.171 e. The van der Waals surface area contributed by atoms with Gasteiger partial charge in [-0.05, 0) is 11.1 Å². The van der Waals surface area contributed by atoms with Crippen molar-refractivity contribution < 1.29 is 23.3 Å². The van der Waals surface area contributed by atoms with Crippen LogP contribution in [0.5, 0.6) is 0 Å².